The zero-order valence-electron chi connectivity index (χ0n) is 19.2. The third kappa shape index (κ3) is 5.34. The quantitative estimate of drug-likeness (QED) is 0.501. The van der Waals surface area contributed by atoms with E-state index >= 15 is 0 Å². The molecule has 2 heterocycles. The second-order valence-electron chi connectivity index (χ2n) is 8.80. The van der Waals surface area contributed by atoms with E-state index in [1.54, 1.807) is 24.3 Å². The van der Waals surface area contributed by atoms with Gasteiger partial charge in [-0.15, -0.1) is 0 Å². The number of cyclic esters (lactones) is 1. The van der Waals surface area contributed by atoms with Crippen LogP contribution in [-0.4, -0.2) is 38.7 Å². The molecule has 34 heavy (non-hydrogen) atoms. The van der Waals surface area contributed by atoms with Crippen LogP contribution < -0.4 is 5.32 Å². The van der Waals surface area contributed by atoms with E-state index in [1.165, 1.54) is 12.1 Å². The van der Waals surface area contributed by atoms with E-state index in [4.69, 9.17) is 9.72 Å². The van der Waals surface area contributed by atoms with Crippen LogP contribution in [0.15, 0.2) is 54.6 Å². The summed E-state index contributed by atoms with van der Waals surface area (Å²) in [6, 6.07) is 15.1. The number of benzene rings is 2. The van der Waals surface area contributed by atoms with Gasteiger partial charge in [-0.25, -0.2) is 9.37 Å². The Bertz CT molecular complexity index is 1160. The van der Waals surface area contributed by atoms with Gasteiger partial charge in [-0.3, -0.25) is 9.59 Å². The first-order chi connectivity index (χ1) is 16.3. The monoisotopic (exact) mass is 465 g/mol. The number of aliphatic hydroxyl groups excluding tert-OH is 1. The van der Waals surface area contributed by atoms with Crippen LogP contribution in [0.25, 0.3) is 11.4 Å². The van der Waals surface area contributed by atoms with Gasteiger partial charge in [0.2, 0.25) is 0 Å². The molecular weight excluding hydrogens is 437 g/mol. The van der Waals surface area contributed by atoms with Crippen LogP contribution in [-0.2, 0) is 16.1 Å². The van der Waals surface area contributed by atoms with Crippen LogP contribution in [0.3, 0.4) is 0 Å². The number of esters is 1. The summed E-state index contributed by atoms with van der Waals surface area (Å²) in [5.41, 5.74) is 2.35. The van der Waals surface area contributed by atoms with Gasteiger partial charge in [0.15, 0.2) is 5.69 Å². The first kappa shape index (κ1) is 23.6. The second-order valence-corrected chi connectivity index (χ2v) is 8.80. The molecule has 178 valence electrons. The largest absolute Gasteiger partial charge is 0.462 e. The summed E-state index contributed by atoms with van der Waals surface area (Å²) >= 11 is 0. The van der Waals surface area contributed by atoms with Crippen LogP contribution in [0.4, 0.5) is 10.1 Å². The highest BCUT2D eigenvalue weighted by Crippen LogP contribution is 2.30. The molecule has 8 heteroatoms. The fourth-order valence-corrected chi connectivity index (χ4v) is 4.29. The molecule has 3 aromatic rings. The van der Waals surface area contributed by atoms with Crippen LogP contribution >= 0.6 is 0 Å². The molecule has 0 spiro atoms. The normalized spacial score (nSPS) is 18.1. The number of nitrogens with zero attached hydrogens (tertiary/aromatic N) is 2. The highest BCUT2D eigenvalue weighted by Gasteiger charge is 2.29. The minimum absolute atomic E-state index is 0.00343. The third-order valence-corrected chi connectivity index (χ3v) is 5.81. The lowest BCUT2D eigenvalue weighted by molar-refractivity contribution is -0.160. The van der Waals surface area contributed by atoms with Gasteiger partial charge < -0.3 is 19.7 Å². The van der Waals surface area contributed by atoms with Crippen molar-refractivity contribution in [2.75, 3.05) is 5.32 Å². The highest BCUT2D eigenvalue weighted by atomic mass is 19.1. The molecule has 1 amide bonds. The number of carbonyl (C=O) groups is 2. The number of anilines is 1. The first-order valence-corrected chi connectivity index (χ1v) is 11.4. The molecule has 2 N–H and O–H groups in total. The Labute approximate surface area is 197 Å². The first-order valence-electron chi connectivity index (χ1n) is 11.4. The predicted molar refractivity (Wildman–Crippen MR) is 126 cm³/mol. The molecule has 0 radical (unpaired) electrons. The molecule has 4 rings (SSSR count). The fourth-order valence-electron chi connectivity index (χ4n) is 4.29. The number of carbonyl (C=O) groups excluding carboxylic acids is 2. The number of halogens is 1. The number of ether oxygens (including phenoxy) is 1. The Hall–Kier alpha value is -3.52. The lowest BCUT2D eigenvalue weighted by atomic mass is 10.0. The number of nitrogens with one attached hydrogen (secondary N) is 1. The van der Waals surface area contributed by atoms with Crippen molar-refractivity contribution in [1.82, 2.24) is 9.55 Å². The number of aliphatic hydroxyl groups is 1. The van der Waals surface area contributed by atoms with E-state index in [-0.39, 0.29) is 24.1 Å². The van der Waals surface area contributed by atoms with Gasteiger partial charge in [0.05, 0.1) is 18.2 Å². The van der Waals surface area contributed by atoms with Crippen molar-refractivity contribution in [3.8, 4) is 11.4 Å². The maximum Gasteiger partial charge on any atom is 0.308 e. The summed E-state index contributed by atoms with van der Waals surface area (Å²) in [6.07, 6.45) is -0.329. The smallest absolute Gasteiger partial charge is 0.308 e. The van der Waals surface area contributed by atoms with E-state index in [2.05, 4.69) is 5.32 Å². The number of imidazole rings is 1. The van der Waals surface area contributed by atoms with Gasteiger partial charge in [0.25, 0.3) is 5.91 Å². The molecule has 1 aliphatic rings. The Balaban J connectivity index is 1.71. The molecule has 2 aromatic carbocycles. The molecule has 1 fully saturated rings. The molecule has 2 atom stereocenters. The van der Waals surface area contributed by atoms with Crippen LogP contribution in [0.2, 0.25) is 0 Å². The molecule has 0 aliphatic carbocycles. The number of amides is 1. The summed E-state index contributed by atoms with van der Waals surface area (Å²) < 4.78 is 20.9. The Morgan fingerprint density at radius 3 is 2.56 bits per heavy atom. The number of hydrogen-bond acceptors (Lipinski definition) is 5. The van der Waals surface area contributed by atoms with Crippen molar-refractivity contribution in [3.63, 3.8) is 0 Å². The number of para-hydroxylation sites is 1. The Morgan fingerprint density at radius 1 is 1.21 bits per heavy atom. The van der Waals surface area contributed by atoms with E-state index < -0.39 is 18.2 Å². The topological polar surface area (TPSA) is 93.5 Å². The van der Waals surface area contributed by atoms with E-state index in [0.29, 0.717) is 42.2 Å². The van der Waals surface area contributed by atoms with Gasteiger partial charge in [0, 0.05) is 30.6 Å². The average Bonchev–Trinajstić information content (AvgIpc) is 3.18. The van der Waals surface area contributed by atoms with E-state index in [0.717, 1.165) is 5.69 Å². The summed E-state index contributed by atoms with van der Waals surface area (Å²) in [4.78, 5) is 29.7. The van der Waals surface area contributed by atoms with E-state index in [1.807, 2.05) is 36.6 Å². The standard InChI is InChI=1S/C26H28FN3O4/c1-16(2)24-23(26(33)28-19-6-4-3-5-7-19)29-25(17-8-10-18(27)11-9-17)30(24)13-12-21-14-20(31)15-22(32)34-21/h3-11,16,20-21,31H,12-15H2,1-2H3,(H,28,33)/t20-,21-/m1/s1. The van der Waals surface area contributed by atoms with Crippen molar-refractivity contribution in [3.05, 3.63) is 71.8 Å². The highest BCUT2D eigenvalue weighted by molar-refractivity contribution is 6.04. The predicted octanol–water partition coefficient (Wildman–Crippen LogP) is 4.52. The zero-order valence-corrected chi connectivity index (χ0v) is 19.2. The van der Waals surface area contributed by atoms with Crippen molar-refractivity contribution >= 4 is 17.6 Å². The average molecular weight is 466 g/mol. The molecule has 0 saturated carbocycles. The van der Waals surface area contributed by atoms with Crippen molar-refractivity contribution in [2.45, 2.75) is 57.8 Å². The molecule has 0 unspecified atom stereocenters. The molecule has 7 nitrogen and oxygen atoms in total. The number of hydrogen-bond donors (Lipinski definition) is 2. The maximum atomic E-state index is 13.6. The number of rotatable bonds is 7. The van der Waals surface area contributed by atoms with Gasteiger partial charge in [-0.05, 0) is 42.3 Å². The molecule has 1 saturated heterocycles. The molecular formula is C26H28FN3O4. The lowest BCUT2D eigenvalue weighted by Crippen LogP contribution is -2.33. The van der Waals surface area contributed by atoms with Crippen LogP contribution in [0, 0.1) is 5.82 Å². The van der Waals surface area contributed by atoms with Gasteiger partial charge in [-0.1, -0.05) is 32.0 Å². The van der Waals surface area contributed by atoms with Crippen molar-refractivity contribution < 1.29 is 23.8 Å². The zero-order chi connectivity index (χ0) is 24.2. The van der Waals surface area contributed by atoms with Gasteiger partial charge in [-0.2, -0.15) is 0 Å². The van der Waals surface area contributed by atoms with Gasteiger partial charge >= 0.3 is 5.97 Å². The van der Waals surface area contributed by atoms with E-state index in [9.17, 15) is 19.1 Å². The lowest BCUT2D eigenvalue weighted by Gasteiger charge is -2.26. The molecule has 1 aromatic heterocycles. The third-order valence-electron chi connectivity index (χ3n) is 5.81. The summed E-state index contributed by atoms with van der Waals surface area (Å²) in [5.74, 6) is -0.630. The van der Waals surface area contributed by atoms with Crippen LogP contribution in [0.1, 0.15) is 55.2 Å². The van der Waals surface area contributed by atoms with Gasteiger partial charge in [0.1, 0.15) is 17.7 Å². The number of aromatic nitrogens is 2. The molecule has 0 bridgehead atoms. The van der Waals surface area contributed by atoms with Crippen molar-refractivity contribution in [1.29, 1.82) is 0 Å². The minimum atomic E-state index is -0.720. The summed E-state index contributed by atoms with van der Waals surface area (Å²) in [5, 5.41) is 12.9. The van der Waals surface area contributed by atoms with Crippen molar-refractivity contribution in [2.24, 2.45) is 0 Å². The SMILES string of the molecule is CC(C)c1c(C(=O)Nc2ccccc2)nc(-c2ccc(F)cc2)n1CC[C@@H]1C[C@@H](O)CC(=O)O1. The Morgan fingerprint density at radius 2 is 1.91 bits per heavy atom. The second kappa shape index (κ2) is 10.2. The molecule has 1 aliphatic heterocycles. The minimum Gasteiger partial charge on any atom is -0.462 e. The fraction of sp³-hybridized carbons (Fsp3) is 0.346. The maximum absolute atomic E-state index is 13.6. The summed E-state index contributed by atoms with van der Waals surface area (Å²) in [7, 11) is 0. The summed E-state index contributed by atoms with van der Waals surface area (Å²) in [6.45, 7) is 4.37. The Kier molecular flexibility index (Phi) is 7.07. The van der Waals surface area contributed by atoms with Crippen LogP contribution in [0.5, 0.6) is 0 Å².